The van der Waals surface area contributed by atoms with Gasteiger partial charge >= 0.3 is 0 Å². The first-order valence-electron chi connectivity index (χ1n) is 9.52. The van der Waals surface area contributed by atoms with Gasteiger partial charge in [-0.2, -0.15) is 0 Å². The van der Waals surface area contributed by atoms with E-state index in [2.05, 4.69) is 15.2 Å². The van der Waals surface area contributed by atoms with E-state index < -0.39 is 0 Å². The number of benzene rings is 2. The smallest absolute Gasteiger partial charge is 0.253 e. The van der Waals surface area contributed by atoms with Crippen LogP contribution in [0.15, 0.2) is 60.9 Å². The monoisotopic (exact) mass is 376 g/mol. The number of nitrogens with zero attached hydrogens (tertiary/aromatic N) is 3. The van der Waals surface area contributed by atoms with Crippen molar-refractivity contribution in [3.63, 3.8) is 0 Å². The number of rotatable bonds is 5. The predicted molar refractivity (Wildman–Crippen MR) is 109 cm³/mol. The average Bonchev–Trinajstić information content (AvgIpc) is 3.18. The number of carbonyl (C=O) groups is 1. The molecule has 1 aliphatic heterocycles. The van der Waals surface area contributed by atoms with Crippen LogP contribution in [0.4, 0.5) is 5.69 Å². The van der Waals surface area contributed by atoms with Crippen LogP contribution in [0.2, 0.25) is 0 Å². The molecule has 0 bridgehead atoms. The predicted octanol–water partition coefficient (Wildman–Crippen LogP) is 2.95. The molecule has 6 heteroatoms. The third-order valence-corrected chi connectivity index (χ3v) is 5.02. The molecule has 2 aromatic carbocycles. The Labute approximate surface area is 164 Å². The summed E-state index contributed by atoms with van der Waals surface area (Å²) in [5, 5.41) is 3.09. The van der Waals surface area contributed by atoms with Crippen molar-refractivity contribution < 1.29 is 9.53 Å². The summed E-state index contributed by atoms with van der Waals surface area (Å²) in [6.45, 7) is 5.39. The first-order chi connectivity index (χ1) is 13.7. The van der Waals surface area contributed by atoms with Gasteiger partial charge in [-0.15, -0.1) is 0 Å². The minimum Gasteiger partial charge on any atom is -0.378 e. The van der Waals surface area contributed by atoms with Crippen LogP contribution in [0.5, 0.6) is 0 Å². The lowest BCUT2D eigenvalue weighted by atomic mass is 10.1. The van der Waals surface area contributed by atoms with Crippen LogP contribution >= 0.6 is 0 Å². The normalized spacial score (nSPS) is 14.1. The first kappa shape index (κ1) is 18.3. The minimum atomic E-state index is -0.0701. The highest BCUT2D eigenvalue weighted by Gasteiger charge is 2.18. The summed E-state index contributed by atoms with van der Waals surface area (Å²) in [6, 6.07) is 15.8. The number of hydrogen-bond acceptors (Lipinski definition) is 4. The second-order valence-corrected chi connectivity index (χ2v) is 6.77. The Kier molecular flexibility index (Phi) is 5.39. The van der Waals surface area contributed by atoms with Crippen LogP contribution in [0.1, 0.15) is 21.7 Å². The Balaban J connectivity index is 1.53. The van der Waals surface area contributed by atoms with E-state index in [4.69, 9.17) is 4.74 Å². The van der Waals surface area contributed by atoms with Crippen molar-refractivity contribution in [1.82, 2.24) is 14.9 Å². The third kappa shape index (κ3) is 3.77. The Morgan fingerprint density at radius 3 is 2.54 bits per heavy atom. The van der Waals surface area contributed by atoms with E-state index in [1.165, 1.54) is 0 Å². The molecule has 0 saturated carbocycles. The molecule has 144 valence electrons. The Morgan fingerprint density at radius 2 is 1.79 bits per heavy atom. The number of imidazole rings is 1. The van der Waals surface area contributed by atoms with E-state index in [-0.39, 0.29) is 5.91 Å². The van der Waals surface area contributed by atoms with Crippen molar-refractivity contribution >= 4 is 11.6 Å². The average molecular weight is 376 g/mol. The molecule has 0 unspecified atom stereocenters. The lowest BCUT2D eigenvalue weighted by molar-refractivity contribution is 0.0949. The summed E-state index contributed by atoms with van der Waals surface area (Å²) in [4.78, 5) is 19.5. The van der Waals surface area contributed by atoms with E-state index in [0.717, 1.165) is 35.9 Å². The number of para-hydroxylation sites is 2. The molecule has 1 saturated heterocycles. The highest BCUT2D eigenvalue weighted by atomic mass is 16.5. The number of aryl methyl sites for hydroxylation is 1. The highest BCUT2D eigenvalue weighted by Crippen LogP contribution is 2.22. The van der Waals surface area contributed by atoms with Gasteiger partial charge < -0.3 is 19.5 Å². The first-order valence-corrected chi connectivity index (χ1v) is 9.52. The second-order valence-electron chi connectivity index (χ2n) is 6.77. The van der Waals surface area contributed by atoms with Crippen molar-refractivity contribution in [2.75, 3.05) is 31.2 Å². The van der Waals surface area contributed by atoms with Crippen molar-refractivity contribution in [3.8, 4) is 5.69 Å². The zero-order valence-electron chi connectivity index (χ0n) is 16.0. The lowest BCUT2D eigenvalue weighted by Crippen LogP contribution is -2.37. The number of aromatic nitrogens is 2. The SMILES string of the molecule is Cc1nccn1-c1ccccc1CNC(=O)c1ccccc1N1CCOCC1. The zero-order valence-corrected chi connectivity index (χ0v) is 16.0. The van der Waals surface area contributed by atoms with Gasteiger partial charge in [0.05, 0.1) is 24.5 Å². The van der Waals surface area contributed by atoms with Gasteiger partial charge in [0.25, 0.3) is 5.91 Å². The van der Waals surface area contributed by atoms with Gasteiger partial charge in [-0.25, -0.2) is 4.98 Å². The molecule has 1 fully saturated rings. The quantitative estimate of drug-likeness (QED) is 0.744. The van der Waals surface area contributed by atoms with Gasteiger partial charge in [0.1, 0.15) is 5.82 Å². The summed E-state index contributed by atoms with van der Waals surface area (Å²) in [5.74, 6) is 0.843. The van der Waals surface area contributed by atoms with E-state index in [9.17, 15) is 4.79 Å². The fourth-order valence-corrected chi connectivity index (χ4v) is 3.54. The fraction of sp³-hybridized carbons (Fsp3) is 0.273. The van der Waals surface area contributed by atoms with Crippen molar-refractivity contribution in [2.45, 2.75) is 13.5 Å². The molecule has 0 aliphatic carbocycles. The topological polar surface area (TPSA) is 59.4 Å². The van der Waals surface area contributed by atoms with E-state index in [0.29, 0.717) is 25.3 Å². The Bertz CT molecular complexity index is 960. The number of ether oxygens (including phenoxy) is 1. The van der Waals surface area contributed by atoms with Crippen molar-refractivity contribution in [3.05, 3.63) is 77.9 Å². The maximum absolute atomic E-state index is 13.0. The molecule has 4 rings (SSSR count). The second kappa shape index (κ2) is 8.27. The molecule has 0 atom stereocenters. The molecule has 1 amide bonds. The molecule has 0 spiro atoms. The maximum Gasteiger partial charge on any atom is 0.253 e. The number of morpholine rings is 1. The standard InChI is InChI=1S/C22H24N4O2/c1-17-23-10-11-26(17)20-8-4-2-6-18(20)16-24-22(27)19-7-3-5-9-21(19)25-12-14-28-15-13-25/h2-11H,12-16H2,1H3,(H,24,27). The van der Waals surface area contributed by atoms with Gasteiger partial charge in [0.2, 0.25) is 0 Å². The number of hydrogen-bond donors (Lipinski definition) is 1. The van der Waals surface area contributed by atoms with Crippen LogP contribution in [-0.4, -0.2) is 41.8 Å². The van der Waals surface area contributed by atoms with E-state index in [1.807, 2.05) is 66.2 Å². The highest BCUT2D eigenvalue weighted by molar-refractivity contribution is 5.99. The van der Waals surface area contributed by atoms with Crippen LogP contribution < -0.4 is 10.2 Å². The Hall–Kier alpha value is -3.12. The molecule has 0 radical (unpaired) electrons. The summed E-state index contributed by atoms with van der Waals surface area (Å²) in [5.41, 5.74) is 3.72. The molecule has 3 aromatic rings. The molecular formula is C22H24N4O2. The summed E-state index contributed by atoms with van der Waals surface area (Å²) >= 11 is 0. The molecule has 1 aliphatic rings. The largest absolute Gasteiger partial charge is 0.378 e. The molecule has 1 aromatic heterocycles. The zero-order chi connectivity index (χ0) is 19.3. The van der Waals surface area contributed by atoms with Crippen LogP contribution in [0.3, 0.4) is 0 Å². The van der Waals surface area contributed by atoms with Gasteiger partial charge in [0, 0.05) is 37.7 Å². The molecule has 1 N–H and O–H groups in total. The van der Waals surface area contributed by atoms with Gasteiger partial charge in [0.15, 0.2) is 0 Å². The molecule has 6 nitrogen and oxygen atoms in total. The molecular weight excluding hydrogens is 352 g/mol. The van der Waals surface area contributed by atoms with E-state index in [1.54, 1.807) is 6.20 Å². The van der Waals surface area contributed by atoms with Crippen LogP contribution in [-0.2, 0) is 11.3 Å². The van der Waals surface area contributed by atoms with Crippen LogP contribution in [0.25, 0.3) is 5.69 Å². The molecule has 28 heavy (non-hydrogen) atoms. The number of carbonyl (C=O) groups excluding carboxylic acids is 1. The molecule has 2 heterocycles. The number of anilines is 1. The summed E-state index contributed by atoms with van der Waals surface area (Å²) < 4.78 is 7.47. The summed E-state index contributed by atoms with van der Waals surface area (Å²) in [7, 11) is 0. The third-order valence-electron chi connectivity index (χ3n) is 5.02. The fourth-order valence-electron chi connectivity index (χ4n) is 3.54. The lowest BCUT2D eigenvalue weighted by Gasteiger charge is -2.30. The number of amides is 1. The Morgan fingerprint density at radius 1 is 1.07 bits per heavy atom. The van der Waals surface area contributed by atoms with Gasteiger partial charge in [-0.1, -0.05) is 30.3 Å². The maximum atomic E-state index is 13.0. The van der Waals surface area contributed by atoms with Crippen molar-refractivity contribution in [1.29, 1.82) is 0 Å². The van der Waals surface area contributed by atoms with Gasteiger partial charge in [-0.3, -0.25) is 4.79 Å². The summed E-state index contributed by atoms with van der Waals surface area (Å²) in [6.07, 6.45) is 3.72. The minimum absolute atomic E-state index is 0.0701. The van der Waals surface area contributed by atoms with Crippen LogP contribution in [0, 0.1) is 6.92 Å². The van der Waals surface area contributed by atoms with Crippen molar-refractivity contribution in [2.24, 2.45) is 0 Å². The number of nitrogens with one attached hydrogen (secondary N) is 1. The van der Waals surface area contributed by atoms with E-state index >= 15 is 0 Å². The van der Waals surface area contributed by atoms with Gasteiger partial charge in [-0.05, 0) is 30.7 Å².